The van der Waals surface area contributed by atoms with Crippen LogP contribution in [0.3, 0.4) is 0 Å². The number of carbonyl (C=O) groups excluding carboxylic acids is 1. The summed E-state index contributed by atoms with van der Waals surface area (Å²) in [5.41, 5.74) is 4.28. The Morgan fingerprint density at radius 3 is 2.71 bits per heavy atom. The van der Waals surface area contributed by atoms with Crippen LogP contribution in [0.15, 0.2) is 42.5 Å². The number of rotatable bonds is 1. The van der Waals surface area contributed by atoms with Gasteiger partial charge in [-0.2, -0.15) is 0 Å². The van der Waals surface area contributed by atoms with Gasteiger partial charge in [0.15, 0.2) is 0 Å². The molecule has 0 radical (unpaired) electrons. The molecule has 126 valence electrons. The highest BCUT2D eigenvalue weighted by Gasteiger charge is 2.24. The number of fused-ring (bicyclic) bond motifs is 2. The van der Waals surface area contributed by atoms with Gasteiger partial charge in [0.2, 0.25) is 0 Å². The summed E-state index contributed by atoms with van der Waals surface area (Å²) < 4.78 is 5.64. The monoisotopic (exact) mass is 344 g/mol. The fourth-order valence-electron chi connectivity index (χ4n) is 3.34. The average molecular weight is 345 g/mol. The summed E-state index contributed by atoms with van der Waals surface area (Å²) in [6.07, 6.45) is 2.01. The number of amides is 1. The SMILES string of the molecule is Cl.O=C(c1ccc2c(c1)CCNCC2)N1CCOc2ccccc21. The molecule has 0 spiro atoms. The number of hydrogen-bond donors (Lipinski definition) is 1. The van der Waals surface area contributed by atoms with E-state index in [4.69, 9.17) is 4.74 Å². The normalized spacial score (nSPS) is 16.1. The van der Waals surface area contributed by atoms with Crippen molar-refractivity contribution >= 4 is 24.0 Å². The highest BCUT2D eigenvalue weighted by atomic mass is 35.5. The van der Waals surface area contributed by atoms with Crippen molar-refractivity contribution in [1.82, 2.24) is 5.32 Å². The predicted molar refractivity (Wildman–Crippen MR) is 97.6 cm³/mol. The first kappa shape index (κ1) is 16.8. The number of anilines is 1. The topological polar surface area (TPSA) is 41.6 Å². The van der Waals surface area contributed by atoms with Gasteiger partial charge >= 0.3 is 0 Å². The third kappa shape index (κ3) is 3.12. The summed E-state index contributed by atoms with van der Waals surface area (Å²) in [7, 11) is 0. The molecule has 1 amide bonds. The standard InChI is InChI=1S/C19H20N2O2.ClH/c22-19(21-11-12-23-18-4-2-1-3-17(18)21)16-6-5-14-7-9-20-10-8-15(14)13-16;/h1-6,13,20H,7-12H2;1H. The van der Waals surface area contributed by atoms with E-state index in [0.29, 0.717) is 13.2 Å². The van der Waals surface area contributed by atoms with Gasteiger partial charge < -0.3 is 15.0 Å². The third-order valence-electron chi connectivity index (χ3n) is 4.57. The Kier molecular flexibility index (Phi) is 5.07. The Hall–Kier alpha value is -2.04. The molecule has 0 fully saturated rings. The number of carbonyl (C=O) groups is 1. The smallest absolute Gasteiger partial charge is 0.258 e. The largest absolute Gasteiger partial charge is 0.490 e. The molecule has 4 rings (SSSR count). The minimum atomic E-state index is 0. The number of para-hydroxylation sites is 2. The molecule has 0 aromatic heterocycles. The molecule has 24 heavy (non-hydrogen) atoms. The van der Waals surface area contributed by atoms with E-state index in [1.165, 1.54) is 11.1 Å². The van der Waals surface area contributed by atoms with Gasteiger partial charge in [0.1, 0.15) is 12.4 Å². The van der Waals surface area contributed by atoms with Crippen LogP contribution in [0.4, 0.5) is 5.69 Å². The minimum Gasteiger partial charge on any atom is -0.490 e. The molecule has 2 aliphatic heterocycles. The van der Waals surface area contributed by atoms with Crippen molar-refractivity contribution in [3.05, 3.63) is 59.2 Å². The maximum Gasteiger partial charge on any atom is 0.258 e. The molecular formula is C19H21ClN2O2. The minimum absolute atomic E-state index is 0. The van der Waals surface area contributed by atoms with Gasteiger partial charge in [0, 0.05) is 5.56 Å². The molecule has 2 aliphatic rings. The van der Waals surface area contributed by atoms with Crippen molar-refractivity contribution in [3.63, 3.8) is 0 Å². The lowest BCUT2D eigenvalue weighted by atomic mass is 9.99. The quantitative estimate of drug-likeness (QED) is 0.865. The first-order chi connectivity index (χ1) is 11.3. The summed E-state index contributed by atoms with van der Waals surface area (Å²) >= 11 is 0. The summed E-state index contributed by atoms with van der Waals surface area (Å²) in [4.78, 5) is 14.8. The van der Waals surface area contributed by atoms with Crippen LogP contribution in [-0.4, -0.2) is 32.1 Å². The first-order valence-corrected chi connectivity index (χ1v) is 8.19. The van der Waals surface area contributed by atoms with Crippen LogP contribution in [0, 0.1) is 0 Å². The lowest BCUT2D eigenvalue weighted by Crippen LogP contribution is -2.38. The highest BCUT2D eigenvalue weighted by molar-refractivity contribution is 6.07. The van der Waals surface area contributed by atoms with Gasteiger partial charge in [0.05, 0.1) is 12.2 Å². The molecule has 4 nitrogen and oxygen atoms in total. The third-order valence-corrected chi connectivity index (χ3v) is 4.57. The number of halogens is 1. The van der Waals surface area contributed by atoms with Crippen molar-refractivity contribution in [2.75, 3.05) is 31.1 Å². The molecule has 2 aromatic carbocycles. The number of benzene rings is 2. The summed E-state index contributed by atoms with van der Waals surface area (Å²) in [6, 6.07) is 13.9. The van der Waals surface area contributed by atoms with Crippen molar-refractivity contribution in [3.8, 4) is 5.75 Å². The van der Waals surface area contributed by atoms with E-state index in [1.54, 1.807) is 0 Å². The van der Waals surface area contributed by atoms with E-state index in [2.05, 4.69) is 17.4 Å². The van der Waals surface area contributed by atoms with E-state index in [9.17, 15) is 4.79 Å². The van der Waals surface area contributed by atoms with Gasteiger partial charge in [-0.25, -0.2) is 0 Å². The Bertz CT molecular complexity index is 748. The van der Waals surface area contributed by atoms with E-state index in [0.717, 1.165) is 42.9 Å². The molecule has 2 heterocycles. The molecule has 0 unspecified atom stereocenters. The molecule has 0 saturated carbocycles. The predicted octanol–water partition coefficient (Wildman–Crippen LogP) is 2.84. The zero-order valence-electron chi connectivity index (χ0n) is 13.5. The highest BCUT2D eigenvalue weighted by Crippen LogP contribution is 2.32. The Morgan fingerprint density at radius 1 is 1.04 bits per heavy atom. The second-order valence-electron chi connectivity index (χ2n) is 6.01. The number of hydrogen-bond acceptors (Lipinski definition) is 3. The van der Waals surface area contributed by atoms with E-state index in [-0.39, 0.29) is 18.3 Å². The zero-order valence-corrected chi connectivity index (χ0v) is 14.3. The number of nitrogens with one attached hydrogen (secondary N) is 1. The Morgan fingerprint density at radius 2 is 1.83 bits per heavy atom. The number of nitrogens with zero attached hydrogens (tertiary/aromatic N) is 1. The van der Waals surface area contributed by atoms with Crippen molar-refractivity contribution in [2.45, 2.75) is 12.8 Å². The van der Waals surface area contributed by atoms with Crippen molar-refractivity contribution in [2.24, 2.45) is 0 Å². The summed E-state index contributed by atoms with van der Waals surface area (Å²) in [5, 5.41) is 3.41. The van der Waals surface area contributed by atoms with Gasteiger partial charge in [-0.1, -0.05) is 18.2 Å². The second-order valence-corrected chi connectivity index (χ2v) is 6.01. The van der Waals surface area contributed by atoms with Crippen LogP contribution in [0.25, 0.3) is 0 Å². The summed E-state index contributed by atoms with van der Waals surface area (Å²) in [5.74, 6) is 0.840. The Balaban J connectivity index is 0.00000169. The van der Waals surface area contributed by atoms with Crippen LogP contribution in [0.2, 0.25) is 0 Å². The van der Waals surface area contributed by atoms with Crippen molar-refractivity contribution in [1.29, 1.82) is 0 Å². The van der Waals surface area contributed by atoms with Gasteiger partial charge in [-0.05, 0) is 61.3 Å². The molecule has 0 atom stereocenters. The van der Waals surface area contributed by atoms with E-state index in [1.807, 2.05) is 35.2 Å². The lowest BCUT2D eigenvalue weighted by molar-refractivity contribution is 0.0976. The second kappa shape index (κ2) is 7.24. The number of ether oxygens (including phenoxy) is 1. The van der Waals surface area contributed by atoms with Gasteiger partial charge in [0.25, 0.3) is 5.91 Å². The van der Waals surface area contributed by atoms with Crippen LogP contribution in [0.1, 0.15) is 21.5 Å². The molecule has 5 heteroatoms. The molecule has 2 aromatic rings. The first-order valence-electron chi connectivity index (χ1n) is 8.19. The fraction of sp³-hybridized carbons (Fsp3) is 0.316. The van der Waals surface area contributed by atoms with Gasteiger partial charge in [-0.15, -0.1) is 12.4 Å². The van der Waals surface area contributed by atoms with E-state index >= 15 is 0 Å². The van der Waals surface area contributed by atoms with E-state index < -0.39 is 0 Å². The Labute approximate surface area is 148 Å². The van der Waals surface area contributed by atoms with Gasteiger partial charge in [-0.3, -0.25) is 4.79 Å². The molecule has 1 N–H and O–H groups in total. The maximum absolute atomic E-state index is 13.0. The fourth-order valence-corrected chi connectivity index (χ4v) is 3.34. The van der Waals surface area contributed by atoms with Crippen LogP contribution >= 0.6 is 12.4 Å². The van der Waals surface area contributed by atoms with Crippen LogP contribution < -0.4 is 15.0 Å². The molecular weight excluding hydrogens is 324 g/mol. The average Bonchev–Trinajstić information content (AvgIpc) is 2.85. The zero-order chi connectivity index (χ0) is 15.6. The molecule has 0 saturated heterocycles. The van der Waals surface area contributed by atoms with Crippen LogP contribution in [-0.2, 0) is 12.8 Å². The summed E-state index contributed by atoms with van der Waals surface area (Å²) in [6.45, 7) is 3.12. The molecule has 0 bridgehead atoms. The van der Waals surface area contributed by atoms with Crippen LogP contribution in [0.5, 0.6) is 5.75 Å². The van der Waals surface area contributed by atoms with Crippen molar-refractivity contribution < 1.29 is 9.53 Å². The maximum atomic E-state index is 13.0. The lowest BCUT2D eigenvalue weighted by Gasteiger charge is -2.29. The molecule has 0 aliphatic carbocycles.